The molecule has 1 saturated carbocycles. The molecule has 0 aromatic carbocycles. The molecule has 28 heavy (non-hydrogen) atoms. The third kappa shape index (κ3) is 4.47. The topological polar surface area (TPSA) is 78.9 Å². The van der Waals surface area contributed by atoms with Crippen molar-refractivity contribution < 1.29 is 28.6 Å². The average molecular weight is 392 g/mol. The highest BCUT2D eigenvalue weighted by atomic mass is 16.5. The maximum atomic E-state index is 12.1. The van der Waals surface area contributed by atoms with Gasteiger partial charge in [-0.1, -0.05) is 32.9 Å². The van der Waals surface area contributed by atoms with Gasteiger partial charge in [0, 0.05) is 18.4 Å². The molecule has 4 unspecified atom stereocenters. The number of allylic oxidation sites excluding steroid dienone is 1. The molecule has 0 heterocycles. The van der Waals surface area contributed by atoms with Crippen LogP contribution in [0.1, 0.15) is 60.3 Å². The molecular formula is C22H32O6. The zero-order valence-electron chi connectivity index (χ0n) is 17.8. The maximum Gasteiger partial charge on any atom is 0.333 e. The Morgan fingerprint density at radius 1 is 1.21 bits per heavy atom. The highest BCUT2D eigenvalue weighted by molar-refractivity contribution is 5.88. The lowest BCUT2D eigenvalue weighted by Gasteiger charge is -2.48. The highest BCUT2D eigenvalue weighted by Gasteiger charge is 2.48. The number of rotatable bonds is 5. The van der Waals surface area contributed by atoms with Gasteiger partial charge in [-0.05, 0) is 43.6 Å². The Kier molecular flexibility index (Phi) is 6.73. The summed E-state index contributed by atoms with van der Waals surface area (Å²) < 4.78 is 16.1. The highest BCUT2D eigenvalue weighted by Crippen LogP contribution is 2.53. The summed E-state index contributed by atoms with van der Waals surface area (Å²) >= 11 is 0. The van der Waals surface area contributed by atoms with E-state index in [1.54, 1.807) is 0 Å². The molecule has 4 atom stereocenters. The zero-order valence-corrected chi connectivity index (χ0v) is 17.8. The first-order valence-electron chi connectivity index (χ1n) is 9.85. The third-order valence-electron chi connectivity index (χ3n) is 6.11. The summed E-state index contributed by atoms with van der Waals surface area (Å²) in [5.74, 6) is -1.62. The number of hydrogen-bond donors (Lipinski definition) is 0. The van der Waals surface area contributed by atoms with Gasteiger partial charge in [-0.25, -0.2) is 4.79 Å². The molecule has 0 spiro atoms. The molecule has 0 bridgehead atoms. The Hall–Kier alpha value is -2.11. The summed E-state index contributed by atoms with van der Waals surface area (Å²) in [6.45, 7) is 13.1. The molecule has 0 saturated heterocycles. The van der Waals surface area contributed by atoms with Gasteiger partial charge in [-0.15, -0.1) is 0 Å². The average Bonchev–Trinajstić information content (AvgIpc) is 2.61. The van der Waals surface area contributed by atoms with Gasteiger partial charge >= 0.3 is 17.9 Å². The van der Waals surface area contributed by atoms with Crippen LogP contribution in [0.3, 0.4) is 0 Å². The van der Waals surface area contributed by atoms with E-state index in [4.69, 9.17) is 14.2 Å². The number of carbonyl (C=O) groups excluding carboxylic acids is 3. The standard InChI is InChI=1S/C22H32O6/c1-12(2)20(24)28-18-8-9-22(6)11-19(27-15(5)23)16(10-17(22)14(18)4)13(3)21(25)26-7/h12,16,18-19H,3,8-11H2,1-2,4-7H3. The summed E-state index contributed by atoms with van der Waals surface area (Å²) in [7, 11) is 1.31. The summed E-state index contributed by atoms with van der Waals surface area (Å²) in [5.41, 5.74) is 2.33. The minimum absolute atomic E-state index is 0.169. The van der Waals surface area contributed by atoms with Crippen LogP contribution in [-0.4, -0.2) is 37.2 Å². The van der Waals surface area contributed by atoms with Crippen molar-refractivity contribution in [1.29, 1.82) is 0 Å². The van der Waals surface area contributed by atoms with Crippen LogP contribution in [0.15, 0.2) is 23.3 Å². The van der Waals surface area contributed by atoms with E-state index in [-0.39, 0.29) is 35.3 Å². The van der Waals surface area contributed by atoms with Crippen molar-refractivity contribution >= 4 is 17.9 Å². The first kappa shape index (κ1) is 22.2. The zero-order chi connectivity index (χ0) is 21.2. The molecule has 2 rings (SSSR count). The van der Waals surface area contributed by atoms with Crippen LogP contribution in [0.2, 0.25) is 0 Å². The van der Waals surface area contributed by atoms with Crippen LogP contribution in [0.5, 0.6) is 0 Å². The minimum Gasteiger partial charge on any atom is -0.466 e. The Labute approximate surface area is 167 Å². The number of hydrogen-bond acceptors (Lipinski definition) is 6. The van der Waals surface area contributed by atoms with E-state index < -0.39 is 12.1 Å². The molecule has 0 aromatic heterocycles. The predicted molar refractivity (Wildman–Crippen MR) is 104 cm³/mol. The molecule has 0 aromatic rings. The fraction of sp³-hybridized carbons (Fsp3) is 0.682. The predicted octanol–water partition coefficient (Wildman–Crippen LogP) is 3.74. The van der Waals surface area contributed by atoms with Gasteiger partial charge in [-0.2, -0.15) is 0 Å². The number of ether oxygens (including phenoxy) is 3. The fourth-order valence-electron chi connectivity index (χ4n) is 4.45. The lowest BCUT2D eigenvalue weighted by molar-refractivity contribution is -0.155. The molecule has 0 amide bonds. The summed E-state index contributed by atoms with van der Waals surface area (Å²) in [6.07, 6.45) is 2.01. The second-order valence-corrected chi connectivity index (χ2v) is 8.52. The Morgan fingerprint density at radius 3 is 2.39 bits per heavy atom. The minimum atomic E-state index is -0.498. The van der Waals surface area contributed by atoms with Crippen molar-refractivity contribution in [2.75, 3.05) is 7.11 Å². The van der Waals surface area contributed by atoms with Crippen molar-refractivity contribution in [3.8, 4) is 0 Å². The second-order valence-electron chi connectivity index (χ2n) is 8.52. The number of carbonyl (C=O) groups is 3. The number of esters is 3. The molecule has 0 aliphatic heterocycles. The van der Waals surface area contributed by atoms with Gasteiger partial charge in [-0.3, -0.25) is 9.59 Å². The van der Waals surface area contributed by atoms with Crippen LogP contribution in [0, 0.1) is 17.3 Å². The largest absolute Gasteiger partial charge is 0.466 e. The van der Waals surface area contributed by atoms with Gasteiger partial charge in [0.1, 0.15) is 12.2 Å². The summed E-state index contributed by atoms with van der Waals surface area (Å²) in [4.78, 5) is 35.8. The van der Waals surface area contributed by atoms with E-state index in [1.165, 1.54) is 19.6 Å². The molecule has 2 aliphatic rings. The summed E-state index contributed by atoms with van der Waals surface area (Å²) in [5, 5.41) is 0. The van der Waals surface area contributed by atoms with Crippen molar-refractivity contribution in [3.63, 3.8) is 0 Å². The molecule has 6 heteroatoms. The van der Waals surface area contributed by atoms with E-state index >= 15 is 0 Å². The Morgan fingerprint density at radius 2 is 1.86 bits per heavy atom. The lowest BCUT2D eigenvalue weighted by Crippen LogP contribution is -2.45. The number of fused-ring (bicyclic) bond motifs is 1. The summed E-state index contributed by atoms with van der Waals surface area (Å²) in [6, 6.07) is 0. The Balaban J connectivity index is 2.37. The van der Waals surface area contributed by atoms with Crippen molar-refractivity contribution in [2.24, 2.45) is 17.3 Å². The molecule has 0 N–H and O–H groups in total. The monoisotopic (exact) mass is 392 g/mol. The molecule has 1 fully saturated rings. The normalized spacial score (nSPS) is 29.8. The van der Waals surface area contributed by atoms with Crippen LogP contribution in [0.25, 0.3) is 0 Å². The third-order valence-corrected chi connectivity index (χ3v) is 6.11. The SMILES string of the molecule is C=C(C(=O)OC)C1CC2=C(C)C(OC(=O)C(C)C)CCC2(C)CC1OC(C)=O. The molecular weight excluding hydrogens is 360 g/mol. The van der Waals surface area contributed by atoms with E-state index in [0.29, 0.717) is 18.4 Å². The lowest BCUT2D eigenvalue weighted by atomic mass is 9.59. The molecule has 156 valence electrons. The van der Waals surface area contributed by atoms with Gasteiger partial charge in [0.25, 0.3) is 0 Å². The van der Waals surface area contributed by atoms with Gasteiger partial charge in [0.15, 0.2) is 0 Å². The smallest absolute Gasteiger partial charge is 0.333 e. The van der Waals surface area contributed by atoms with E-state index in [9.17, 15) is 14.4 Å². The molecule has 0 radical (unpaired) electrons. The van der Waals surface area contributed by atoms with Crippen LogP contribution < -0.4 is 0 Å². The van der Waals surface area contributed by atoms with Crippen LogP contribution in [0.4, 0.5) is 0 Å². The van der Waals surface area contributed by atoms with Gasteiger partial charge in [0.2, 0.25) is 0 Å². The number of methoxy groups -OCH3 is 1. The fourth-order valence-corrected chi connectivity index (χ4v) is 4.45. The van der Waals surface area contributed by atoms with Gasteiger partial charge < -0.3 is 14.2 Å². The van der Waals surface area contributed by atoms with Crippen LogP contribution in [-0.2, 0) is 28.6 Å². The van der Waals surface area contributed by atoms with E-state index in [2.05, 4.69) is 13.5 Å². The van der Waals surface area contributed by atoms with E-state index in [0.717, 1.165) is 18.4 Å². The first-order chi connectivity index (χ1) is 13.0. The maximum absolute atomic E-state index is 12.1. The van der Waals surface area contributed by atoms with E-state index in [1.807, 2.05) is 20.8 Å². The quantitative estimate of drug-likeness (QED) is 0.307. The second kappa shape index (κ2) is 8.50. The van der Waals surface area contributed by atoms with Crippen LogP contribution >= 0.6 is 0 Å². The Bertz CT molecular complexity index is 704. The molecule has 6 nitrogen and oxygen atoms in total. The first-order valence-corrected chi connectivity index (χ1v) is 9.85. The van der Waals surface area contributed by atoms with Gasteiger partial charge in [0.05, 0.1) is 13.0 Å². The van der Waals surface area contributed by atoms with Crippen molar-refractivity contribution in [3.05, 3.63) is 23.3 Å². The van der Waals surface area contributed by atoms with Crippen molar-refractivity contribution in [2.45, 2.75) is 72.5 Å². The molecule has 2 aliphatic carbocycles. The van der Waals surface area contributed by atoms with Crippen molar-refractivity contribution in [1.82, 2.24) is 0 Å².